The monoisotopic (exact) mass is 357 g/mol. The quantitative estimate of drug-likeness (QED) is 0.496. The zero-order chi connectivity index (χ0) is 18.5. The number of aryl methyl sites for hydroxylation is 5. The number of rotatable bonds is 3. The molecule has 7 nitrogen and oxygen atoms in total. The van der Waals surface area contributed by atoms with Gasteiger partial charge in [-0.05, 0) is 45.4 Å². The predicted molar refractivity (Wildman–Crippen MR) is 103 cm³/mol. The summed E-state index contributed by atoms with van der Waals surface area (Å²) in [4.78, 5) is 18.3. The molecule has 5 aromatic rings. The van der Waals surface area contributed by atoms with Crippen LogP contribution in [0, 0.1) is 20.8 Å². The number of aromatic nitrogens is 7. The maximum Gasteiger partial charge on any atom is 0.177 e. The molecule has 5 heterocycles. The molecule has 0 saturated carbocycles. The Labute approximate surface area is 155 Å². The first kappa shape index (κ1) is 15.9. The largest absolute Gasteiger partial charge is 0.303 e. The van der Waals surface area contributed by atoms with Crippen LogP contribution in [0.2, 0.25) is 0 Å². The molecule has 0 amide bonds. The molecule has 0 spiro atoms. The second-order valence-corrected chi connectivity index (χ2v) is 6.84. The predicted octanol–water partition coefficient (Wildman–Crippen LogP) is 3.03. The van der Waals surface area contributed by atoms with Gasteiger partial charge >= 0.3 is 0 Å². The van der Waals surface area contributed by atoms with Gasteiger partial charge in [-0.1, -0.05) is 0 Å². The number of hydrogen-bond donors (Lipinski definition) is 0. The molecule has 0 saturated heterocycles. The van der Waals surface area contributed by atoms with Gasteiger partial charge in [0.05, 0.1) is 22.6 Å². The highest BCUT2D eigenvalue weighted by Crippen LogP contribution is 2.21. The molecule has 0 aromatic carbocycles. The minimum Gasteiger partial charge on any atom is -0.303 e. The van der Waals surface area contributed by atoms with Crippen LogP contribution in [0.3, 0.4) is 0 Å². The maximum absolute atomic E-state index is 4.89. The molecule has 0 unspecified atom stereocenters. The van der Waals surface area contributed by atoms with E-state index in [1.165, 1.54) is 0 Å². The van der Waals surface area contributed by atoms with Gasteiger partial charge in [0.1, 0.15) is 5.65 Å². The van der Waals surface area contributed by atoms with Gasteiger partial charge in [0.2, 0.25) is 0 Å². The highest BCUT2D eigenvalue weighted by atomic mass is 15.3. The molecular formula is C20H19N7. The van der Waals surface area contributed by atoms with Crippen molar-refractivity contribution in [2.45, 2.75) is 33.6 Å². The number of hydrogen-bond acceptors (Lipinski definition) is 5. The van der Waals surface area contributed by atoms with Gasteiger partial charge in [-0.3, -0.25) is 9.97 Å². The summed E-state index contributed by atoms with van der Waals surface area (Å²) in [5, 5.41) is 5.71. The Bertz CT molecular complexity index is 1270. The fourth-order valence-corrected chi connectivity index (χ4v) is 3.53. The van der Waals surface area contributed by atoms with Gasteiger partial charge in [0, 0.05) is 36.1 Å². The Morgan fingerprint density at radius 2 is 1.85 bits per heavy atom. The average Bonchev–Trinajstić information content (AvgIpc) is 3.26. The summed E-state index contributed by atoms with van der Waals surface area (Å²) in [6, 6.07) is 6.05. The summed E-state index contributed by atoms with van der Waals surface area (Å²) >= 11 is 0. The van der Waals surface area contributed by atoms with Gasteiger partial charge in [-0.25, -0.2) is 14.5 Å². The molecule has 134 valence electrons. The van der Waals surface area contributed by atoms with Gasteiger partial charge in [-0.15, -0.1) is 0 Å². The summed E-state index contributed by atoms with van der Waals surface area (Å²) in [6.07, 6.45) is 7.20. The van der Waals surface area contributed by atoms with Crippen LogP contribution < -0.4 is 0 Å². The topological polar surface area (TPSA) is 73.3 Å². The van der Waals surface area contributed by atoms with Crippen LogP contribution in [0.25, 0.3) is 22.2 Å². The first-order valence-electron chi connectivity index (χ1n) is 9.01. The SMILES string of the molecule is Cc1ncc(C)n2nc(CCc3nc4c5cccnc5ccn4c3C)nc12. The van der Waals surface area contributed by atoms with Crippen LogP contribution in [-0.2, 0) is 12.8 Å². The normalized spacial score (nSPS) is 11.8. The molecule has 5 rings (SSSR count). The van der Waals surface area contributed by atoms with Crippen molar-refractivity contribution in [2.75, 3.05) is 0 Å². The third kappa shape index (κ3) is 2.46. The van der Waals surface area contributed by atoms with Crippen LogP contribution in [0.5, 0.6) is 0 Å². The fourth-order valence-electron chi connectivity index (χ4n) is 3.53. The third-order valence-corrected chi connectivity index (χ3v) is 5.05. The lowest BCUT2D eigenvalue weighted by Crippen LogP contribution is -1.99. The molecule has 0 radical (unpaired) electrons. The molecule has 0 N–H and O–H groups in total. The summed E-state index contributed by atoms with van der Waals surface area (Å²) in [5.41, 5.74) is 6.83. The van der Waals surface area contributed by atoms with Crippen molar-refractivity contribution in [3.8, 4) is 0 Å². The van der Waals surface area contributed by atoms with Crippen LogP contribution in [0.1, 0.15) is 28.6 Å². The maximum atomic E-state index is 4.89. The average molecular weight is 357 g/mol. The summed E-state index contributed by atoms with van der Waals surface area (Å²) in [7, 11) is 0. The minimum atomic E-state index is 0.738. The standard InChI is InChI=1S/C20H19N7/c1-12-11-22-13(2)19-24-18(25-27(12)19)7-6-16-14(3)26-10-8-17-15(20(26)23-16)5-4-9-21-17/h4-5,8-11H,6-7H2,1-3H3. The summed E-state index contributed by atoms with van der Waals surface area (Å²) in [6.45, 7) is 6.05. The molecule has 0 aliphatic heterocycles. The first-order valence-corrected chi connectivity index (χ1v) is 9.01. The Kier molecular flexibility index (Phi) is 3.43. The van der Waals surface area contributed by atoms with Crippen molar-refractivity contribution in [1.82, 2.24) is 34.0 Å². The van der Waals surface area contributed by atoms with Crippen molar-refractivity contribution < 1.29 is 0 Å². The van der Waals surface area contributed by atoms with Crippen molar-refractivity contribution in [2.24, 2.45) is 0 Å². The third-order valence-electron chi connectivity index (χ3n) is 5.05. The van der Waals surface area contributed by atoms with E-state index in [-0.39, 0.29) is 0 Å². The van der Waals surface area contributed by atoms with E-state index in [1.807, 2.05) is 49.1 Å². The number of imidazole rings is 1. The zero-order valence-electron chi connectivity index (χ0n) is 15.5. The van der Waals surface area contributed by atoms with Crippen molar-refractivity contribution >= 4 is 22.2 Å². The molecule has 0 aliphatic rings. The van der Waals surface area contributed by atoms with Crippen LogP contribution in [0.15, 0.2) is 36.8 Å². The molecule has 7 heteroatoms. The molecule has 5 aromatic heterocycles. The Morgan fingerprint density at radius 1 is 0.963 bits per heavy atom. The Balaban J connectivity index is 1.52. The van der Waals surface area contributed by atoms with E-state index in [2.05, 4.69) is 37.4 Å². The highest BCUT2D eigenvalue weighted by Gasteiger charge is 2.14. The van der Waals surface area contributed by atoms with Crippen molar-refractivity contribution in [1.29, 1.82) is 0 Å². The lowest BCUT2D eigenvalue weighted by molar-refractivity contribution is 0.805. The second kappa shape index (κ2) is 5.84. The smallest absolute Gasteiger partial charge is 0.177 e. The van der Waals surface area contributed by atoms with Crippen molar-refractivity contribution in [3.05, 3.63) is 65.4 Å². The molecular weight excluding hydrogens is 338 g/mol. The second-order valence-electron chi connectivity index (χ2n) is 6.84. The van der Waals surface area contributed by atoms with E-state index in [0.717, 1.165) is 63.6 Å². The molecule has 0 bridgehead atoms. The molecule has 0 fully saturated rings. The lowest BCUT2D eigenvalue weighted by atomic mass is 10.2. The van der Waals surface area contributed by atoms with E-state index >= 15 is 0 Å². The molecule has 0 atom stereocenters. The summed E-state index contributed by atoms with van der Waals surface area (Å²) in [5.74, 6) is 0.817. The Hall–Kier alpha value is -3.35. The molecule has 27 heavy (non-hydrogen) atoms. The van der Waals surface area contributed by atoms with Crippen LogP contribution in [0.4, 0.5) is 0 Å². The van der Waals surface area contributed by atoms with Crippen LogP contribution >= 0.6 is 0 Å². The van der Waals surface area contributed by atoms with Crippen molar-refractivity contribution in [3.63, 3.8) is 0 Å². The van der Waals surface area contributed by atoms with Crippen LogP contribution in [-0.4, -0.2) is 34.0 Å². The fraction of sp³-hybridized carbons (Fsp3) is 0.250. The molecule has 0 aliphatic carbocycles. The van der Waals surface area contributed by atoms with Gasteiger partial charge in [0.15, 0.2) is 11.5 Å². The van der Waals surface area contributed by atoms with Gasteiger partial charge in [-0.2, -0.15) is 5.10 Å². The highest BCUT2D eigenvalue weighted by molar-refractivity contribution is 5.91. The van der Waals surface area contributed by atoms with E-state index in [9.17, 15) is 0 Å². The van der Waals surface area contributed by atoms with E-state index < -0.39 is 0 Å². The van der Waals surface area contributed by atoms with E-state index in [4.69, 9.17) is 4.98 Å². The number of fused-ring (bicyclic) bond motifs is 4. The van der Waals surface area contributed by atoms with Gasteiger partial charge in [0.25, 0.3) is 0 Å². The summed E-state index contributed by atoms with van der Waals surface area (Å²) < 4.78 is 4.00. The number of pyridine rings is 2. The first-order chi connectivity index (χ1) is 13.1. The Morgan fingerprint density at radius 3 is 2.70 bits per heavy atom. The zero-order valence-corrected chi connectivity index (χ0v) is 15.5. The van der Waals surface area contributed by atoms with E-state index in [0.29, 0.717) is 0 Å². The lowest BCUT2D eigenvalue weighted by Gasteiger charge is -2.00. The van der Waals surface area contributed by atoms with E-state index in [1.54, 1.807) is 0 Å². The minimum absolute atomic E-state index is 0.738. The number of nitrogens with zero attached hydrogens (tertiary/aromatic N) is 7. The van der Waals surface area contributed by atoms with Gasteiger partial charge < -0.3 is 4.40 Å².